The summed E-state index contributed by atoms with van der Waals surface area (Å²) in [4.78, 5) is 12.2. The fourth-order valence-corrected chi connectivity index (χ4v) is 4.27. The Morgan fingerprint density at radius 2 is 1.71 bits per heavy atom. The standard InChI is InChI=1S/C20H17ClFNO4S/c21-18-4-2-1-3-15(18)12-28(25,26)13-17-9-10-19(27-17)20(24)23-11-14-5-7-16(22)8-6-14/h1-10H,11-13H2,(H,23,24). The molecule has 146 valence electrons. The molecule has 0 fully saturated rings. The first kappa shape index (κ1) is 20.1. The zero-order chi connectivity index (χ0) is 20.1. The van der Waals surface area contributed by atoms with Gasteiger partial charge in [0, 0.05) is 11.6 Å². The third-order valence-electron chi connectivity index (χ3n) is 3.95. The van der Waals surface area contributed by atoms with Gasteiger partial charge in [0.2, 0.25) is 0 Å². The minimum Gasteiger partial charge on any atom is -0.455 e. The van der Waals surface area contributed by atoms with E-state index in [-0.39, 0.29) is 35.4 Å². The lowest BCUT2D eigenvalue weighted by atomic mass is 10.2. The lowest BCUT2D eigenvalue weighted by Gasteiger charge is -2.05. The molecule has 3 aromatic rings. The first-order valence-electron chi connectivity index (χ1n) is 8.37. The Morgan fingerprint density at radius 1 is 1.00 bits per heavy atom. The minimum atomic E-state index is -3.53. The second kappa shape index (κ2) is 8.58. The van der Waals surface area contributed by atoms with Crippen LogP contribution in [0.3, 0.4) is 0 Å². The summed E-state index contributed by atoms with van der Waals surface area (Å²) in [7, 11) is -3.53. The van der Waals surface area contributed by atoms with Crippen molar-refractivity contribution in [1.29, 1.82) is 0 Å². The zero-order valence-electron chi connectivity index (χ0n) is 14.7. The Kier molecular flexibility index (Phi) is 6.16. The van der Waals surface area contributed by atoms with Crippen LogP contribution in [0.1, 0.15) is 27.4 Å². The van der Waals surface area contributed by atoms with Crippen LogP contribution in [0.5, 0.6) is 0 Å². The van der Waals surface area contributed by atoms with Crippen molar-refractivity contribution < 1.29 is 22.0 Å². The van der Waals surface area contributed by atoms with Crippen LogP contribution in [0.2, 0.25) is 5.02 Å². The highest BCUT2D eigenvalue weighted by molar-refractivity contribution is 7.89. The molecule has 28 heavy (non-hydrogen) atoms. The summed E-state index contributed by atoms with van der Waals surface area (Å²) in [6, 6.07) is 15.3. The van der Waals surface area contributed by atoms with Crippen LogP contribution in [0.4, 0.5) is 4.39 Å². The number of rotatable bonds is 7. The Labute approximate surface area is 167 Å². The molecular formula is C20H17ClFNO4S. The molecule has 0 radical (unpaired) electrons. The number of halogens is 2. The topological polar surface area (TPSA) is 76.4 Å². The SMILES string of the molecule is O=C(NCc1ccc(F)cc1)c1ccc(CS(=O)(=O)Cc2ccccc2Cl)o1. The Hall–Kier alpha value is -2.64. The summed E-state index contributed by atoms with van der Waals surface area (Å²) in [5.41, 5.74) is 1.23. The molecule has 0 aliphatic rings. The first-order chi connectivity index (χ1) is 13.3. The van der Waals surface area contributed by atoms with Crippen molar-refractivity contribution in [1.82, 2.24) is 5.32 Å². The maximum absolute atomic E-state index is 12.9. The largest absolute Gasteiger partial charge is 0.455 e. The second-order valence-electron chi connectivity index (χ2n) is 6.20. The summed E-state index contributed by atoms with van der Waals surface area (Å²) in [5, 5.41) is 3.02. The maximum atomic E-state index is 12.9. The normalized spacial score (nSPS) is 11.4. The van der Waals surface area contributed by atoms with Gasteiger partial charge < -0.3 is 9.73 Å². The number of sulfone groups is 1. The van der Waals surface area contributed by atoms with Crippen molar-refractivity contribution in [3.8, 4) is 0 Å². The van der Waals surface area contributed by atoms with Gasteiger partial charge >= 0.3 is 0 Å². The zero-order valence-corrected chi connectivity index (χ0v) is 16.3. The molecule has 0 atom stereocenters. The molecule has 0 saturated heterocycles. The summed E-state index contributed by atoms with van der Waals surface area (Å²) in [6.07, 6.45) is 0. The predicted octanol–water partition coefficient (Wildman–Crippen LogP) is 4.12. The number of nitrogens with one attached hydrogen (secondary N) is 1. The molecule has 5 nitrogen and oxygen atoms in total. The number of furan rings is 1. The third-order valence-corrected chi connectivity index (χ3v) is 5.79. The Balaban J connectivity index is 1.60. The van der Waals surface area contributed by atoms with E-state index in [9.17, 15) is 17.6 Å². The smallest absolute Gasteiger partial charge is 0.287 e. The van der Waals surface area contributed by atoms with Gasteiger partial charge in [-0.1, -0.05) is 41.9 Å². The molecular weight excluding hydrogens is 405 g/mol. The molecule has 0 spiro atoms. The van der Waals surface area contributed by atoms with Crippen LogP contribution < -0.4 is 5.32 Å². The highest BCUT2D eigenvalue weighted by Gasteiger charge is 2.19. The molecule has 0 saturated carbocycles. The lowest BCUT2D eigenvalue weighted by Crippen LogP contribution is -2.22. The predicted molar refractivity (Wildman–Crippen MR) is 104 cm³/mol. The Bertz CT molecular complexity index is 1080. The van der Waals surface area contributed by atoms with Crippen LogP contribution in [-0.4, -0.2) is 14.3 Å². The van der Waals surface area contributed by atoms with Crippen LogP contribution in [-0.2, 0) is 27.9 Å². The van der Waals surface area contributed by atoms with E-state index in [1.54, 1.807) is 36.4 Å². The molecule has 2 aromatic carbocycles. The van der Waals surface area contributed by atoms with Crippen molar-refractivity contribution in [2.24, 2.45) is 0 Å². The molecule has 3 rings (SSSR count). The number of carbonyl (C=O) groups excluding carboxylic acids is 1. The number of carbonyl (C=O) groups is 1. The number of amides is 1. The maximum Gasteiger partial charge on any atom is 0.287 e. The molecule has 1 N–H and O–H groups in total. The molecule has 0 unspecified atom stereocenters. The number of benzene rings is 2. The average molecular weight is 422 g/mol. The lowest BCUT2D eigenvalue weighted by molar-refractivity contribution is 0.0921. The van der Waals surface area contributed by atoms with E-state index in [1.165, 1.54) is 24.3 Å². The Morgan fingerprint density at radius 3 is 2.43 bits per heavy atom. The van der Waals surface area contributed by atoms with E-state index in [0.29, 0.717) is 10.6 Å². The highest BCUT2D eigenvalue weighted by Crippen LogP contribution is 2.20. The van der Waals surface area contributed by atoms with Crippen molar-refractivity contribution >= 4 is 27.3 Å². The molecule has 0 aliphatic heterocycles. The van der Waals surface area contributed by atoms with Gasteiger partial charge in [-0.3, -0.25) is 4.79 Å². The monoisotopic (exact) mass is 421 g/mol. The van der Waals surface area contributed by atoms with Crippen molar-refractivity contribution in [3.63, 3.8) is 0 Å². The first-order valence-corrected chi connectivity index (χ1v) is 10.6. The van der Waals surface area contributed by atoms with Gasteiger partial charge in [0.25, 0.3) is 5.91 Å². The highest BCUT2D eigenvalue weighted by atomic mass is 35.5. The van der Waals surface area contributed by atoms with Gasteiger partial charge in [-0.25, -0.2) is 12.8 Å². The van der Waals surface area contributed by atoms with Crippen LogP contribution in [0.15, 0.2) is 65.1 Å². The van der Waals surface area contributed by atoms with Crippen LogP contribution in [0.25, 0.3) is 0 Å². The van der Waals surface area contributed by atoms with Gasteiger partial charge in [-0.2, -0.15) is 0 Å². The summed E-state index contributed by atoms with van der Waals surface area (Å²) < 4.78 is 43.0. The summed E-state index contributed by atoms with van der Waals surface area (Å²) in [6.45, 7) is 0.194. The van der Waals surface area contributed by atoms with Gasteiger partial charge in [0.15, 0.2) is 15.6 Å². The van der Waals surface area contributed by atoms with Gasteiger partial charge in [-0.15, -0.1) is 0 Å². The molecule has 1 aromatic heterocycles. The van der Waals surface area contributed by atoms with Gasteiger partial charge in [0.05, 0.1) is 5.75 Å². The van der Waals surface area contributed by atoms with Crippen molar-refractivity contribution in [2.45, 2.75) is 18.1 Å². The third kappa shape index (κ3) is 5.43. The fourth-order valence-electron chi connectivity index (χ4n) is 2.57. The van der Waals surface area contributed by atoms with Gasteiger partial charge in [0.1, 0.15) is 17.3 Å². The van der Waals surface area contributed by atoms with E-state index >= 15 is 0 Å². The molecule has 8 heteroatoms. The van der Waals surface area contributed by atoms with Crippen molar-refractivity contribution in [3.05, 3.63) is 94.2 Å². The van der Waals surface area contributed by atoms with E-state index in [4.69, 9.17) is 16.0 Å². The molecule has 0 aliphatic carbocycles. The van der Waals surface area contributed by atoms with E-state index in [0.717, 1.165) is 5.56 Å². The summed E-state index contributed by atoms with van der Waals surface area (Å²) in [5.74, 6) is -1.24. The molecule has 1 amide bonds. The molecule has 0 bridgehead atoms. The van der Waals surface area contributed by atoms with Crippen LogP contribution in [0, 0.1) is 5.82 Å². The van der Waals surface area contributed by atoms with Gasteiger partial charge in [-0.05, 0) is 41.5 Å². The molecule has 1 heterocycles. The van der Waals surface area contributed by atoms with Crippen molar-refractivity contribution in [2.75, 3.05) is 0 Å². The van der Waals surface area contributed by atoms with E-state index in [2.05, 4.69) is 5.32 Å². The van der Waals surface area contributed by atoms with Crippen LogP contribution >= 0.6 is 11.6 Å². The number of hydrogen-bond donors (Lipinski definition) is 1. The van der Waals surface area contributed by atoms with E-state index < -0.39 is 15.7 Å². The average Bonchev–Trinajstić information content (AvgIpc) is 3.10. The minimum absolute atomic E-state index is 0.00468. The second-order valence-corrected chi connectivity index (χ2v) is 8.67. The number of hydrogen-bond acceptors (Lipinski definition) is 4. The fraction of sp³-hybridized carbons (Fsp3) is 0.150. The quantitative estimate of drug-likeness (QED) is 0.622. The van der Waals surface area contributed by atoms with E-state index in [1.807, 2.05) is 0 Å². The summed E-state index contributed by atoms with van der Waals surface area (Å²) >= 11 is 6.01.